The van der Waals surface area contributed by atoms with Crippen LogP contribution in [-0.4, -0.2) is 42.0 Å². The summed E-state index contributed by atoms with van der Waals surface area (Å²) in [6.07, 6.45) is -2.28. The number of rotatable bonds is 7. The summed E-state index contributed by atoms with van der Waals surface area (Å²) in [5.74, 6) is -8.71. The minimum absolute atomic E-state index is 0.0860. The largest absolute Gasteiger partial charge is 0.743 e. The van der Waals surface area contributed by atoms with E-state index in [0.29, 0.717) is 0 Å². The molecule has 0 radical (unpaired) electrons. The molecule has 0 amide bonds. The Balaban J connectivity index is 0.000000208. The molecule has 0 aliphatic heterocycles. The number of hydrogen-bond donors (Lipinski definition) is 0. The SMILES string of the molecule is CC(C)(C)OC(=O)OC1CC2CC1C(C(F)(F)C(F)(F)S(=O)(=O)[O-])C2.c1ccc([PH+](c2ccccc2)c2ccccc2)cc1. The van der Waals surface area contributed by atoms with E-state index in [1.54, 1.807) is 20.8 Å². The van der Waals surface area contributed by atoms with Gasteiger partial charge in [0, 0.05) is 11.8 Å². The third-order valence-electron chi connectivity index (χ3n) is 7.74. The highest BCUT2D eigenvalue weighted by molar-refractivity contribution is 7.86. The molecular weight excluding hydrogens is 619 g/mol. The number of fused-ring (bicyclic) bond motifs is 2. The smallest absolute Gasteiger partial charge is 0.509 e. The molecule has 0 aromatic heterocycles. The van der Waals surface area contributed by atoms with E-state index < -0.39 is 64.8 Å². The third-order valence-corrected chi connectivity index (χ3v) is 11.4. The summed E-state index contributed by atoms with van der Waals surface area (Å²) in [5.41, 5.74) is -0.887. The zero-order valence-electron chi connectivity index (χ0n) is 24.5. The maximum atomic E-state index is 14.1. The molecule has 3 aromatic carbocycles. The van der Waals surface area contributed by atoms with Gasteiger partial charge < -0.3 is 14.0 Å². The summed E-state index contributed by atoms with van der Waals surface area (Å²) in [4.78, 5) is 11.7. The van der Waals surface area contributed by atoms with Gasteiger partial charge in [0.25, 0.3) is 0 Å². The average molecular weight is 655 g/mol. The Hall–Kier alpha value is -3.01. The summed E-state index contributed by atoms with van der Waals surface area (Å²) in [6, 6.07) is 32.5. The maximum absolute atomic E-state index is 14.1. The molecule has 0 saturated heterocycles. The predicted octanol–water partition coefficient (Wildman–Crippen LogP) is 6.30. The van der Waals surface area contributed by atoms with Crippen molar-refractivity contribution in [2.24, 2.45) is 17.8 Å². The monoisotopic (exact) mass is 654 g/mol. The normalized spacial score (nSPS) is 21.8. The van der Waals surface area contributed by atoms with Gasteiger partial charge >= 0.3 is 17.3 Å². The first kappa shape index (κ1) is 33.9. The van der Waals surface area contributed by atoms with Crippen molar-refractivity contribution >= 4 is 40.1 Å². The van der Waals surface area contributed by atoms with Crippen LogP contribution in [0.4, 0.5) is 22.4 Å². The molecule has 0 N–H and O–H groups in total. The summed E-state index contributed by atoms with van der Waals surface area (Å²) >= 11 is 0. The summed E-state index contributed by atoms with van der Waals surface area (Å²) in [6.45, 7) is 4.68. The number of hydrogen-bond acceptors (Lipinski definition) is 6. The number of carbonyl (C=O) groups is 1. The van der Waals surface area contributed by atoms with Crippen LogP contribution in [0.25, 0.3) is 0 Å². The summed E-state index contributed by atoms with van der Waals surface area (Å²) in [5, 5.41) is -1.43. The molecule has 12 heteroatoms. The molecular formula is C32H35F4O6PS. The maximum Gasteiger partial charge on any atom is 0.509 e. The molecule has 2 bridgehead atoms. The lowest BCUT2D eigenvalue weighted by molar-refractivity contribution is -0.210. The second-order valence-corrected chi connectivity index (χ2v) is 15.9. The Morgan fingerprint density at radius 2 is 1.20 bits per heavy atom. The Morgan fingerprint density at radius 3 is 1.57 bits per heavy atom. The number of carbonyl (C=O) groups excluding carboxylic acids is 1. The molecule has 2 fully saturated rings. The van der Waals surface area contributed by atoms with Crippen LogP contribution in [0.2, 0.25) is 0 Å². The fourth-order valence-electron chi connectivity index (χ4n) is 5.93. The van der Waals surface area contributed by atoms with Crippen LogP contribution in [0.5, 0.6) is 0 Å². The second-order valence-electron chi connectivity index (χ2n) is 12.0. The molecule has 2 aliphatic carbocycles. The van der Waals surface area contributed by atoms with Crippen molar-refractivity contribution < 1.29 is 44.8 Å². The molecule has 238 valence electrons. The van der Waals surface area contributed by atoms with Crippen LogP contribution in [0.1, 0.15) is 40.0 Å². The van der Waals surface area contributed by atoms with E-state index >= 15 is 0 Å². The zero-order valence-corrected chi connectivity index (χ0v) is 26.3. The topological polar surface area (TPSA) is 92.7 Å². The minimum atomic E-state index is -6.54. The van der Waals surface area contributed by atoms with E-state index in [0.717, 1.165) is 0 Å². The first-order valence-corrected chi connectivity index (χ1v) is 17.1. The molecule has 3 aromatic rings. The number of alkyl halides is 4. The van der Waals surface area contributed by atoms with Crippen molar-refractivity contribution in [1.82, 2.24) is 0 Å². The molecule has 4 unspecified atom stereocenters. The molecule has 5 rings (SSSR count). The van der Waals surface area contributed by atoms with Crippen molar-refractivity contribution in [3.8, 4) is 0 Å². The van der Waals surface area contributed by atoms with Gasteiger partial charge in [-0.2, -0.15) is 17.6 Å². The van der Waals surface area contributed by atoms with E-state index in [1.807, 2.05) is 0 Å². The van der Waals surface area contributed by atoms with Gasteiger partial charge in [0.2, 0.25) is 0 Å². The predicted molar refractivity (Wildman–Crippen MR) is 162 cm³/mol. The molecule has 2 saturated carbocycles. The van der Waals surface area contributed by atoms with Gasteiger partial charge in [-0.05, 0) is 82.3 Å². The van der Waals surface area contributed by atoms with Crippen LogP contribution in [0.3, 0.4) is 0 Å². The molecule has 0 heterocycles. The highest BCUT2D eigenvalue weighted by Crippen LogP contribution is 2.58. The average Bonchev–Trinajstić information content (AvgIpc) is 3.55. The second kappa shape index (κ2) is 13.2. The highest BCUT2D eigenvalue weighted by atomic mass is 32.2. The van der Waals surface area contributed by atoms with Crippen LogP contribution in [0.15, 0.2) is 91.0 Å². The van der Waals surface area contributed by atoms with Crippen molar-refractivity contribution in [3.05, 3.63) is 91.0 Å². The Labute approximate surface area is 256 Å². The molecule has 0 spiro atoms. The van der Waals surface area contributed by atoms with Crippen molar-refractivity contribution in [2.75, 3.05) is 0 Å². The minimum Gasteiger partial charge on any atom is -0.743 e. The fourth-order valence-corrected chi connectivity index (χ4v) is 8.99. The number of halogens is 4. The van der Waals surface area contributed by atoms with E-state index in [-0.39, 0.29) is 19.3 Å². The summed E-state index contributed by atoms with van der Waals surface area (Å²) < 4.78 is 97.0. The Bertz CT molecular complexity index is 1410. The van der Waals surface area contributed by atoms with Gasteiger partial charge in [-0.15, -0.1) is 0 Å². The van der Waals surface area contributed by atoms with Crippen molar-refractivity contribution in [2.45, 2.75) is 62.9 Å². The quantitative estimate of drug-likeness (QED) is 0.129. The lowest BCUT2D eigenvalue weighted by atomic mass is 9.82. The number of benzene rings is 3. The van der Waals surface area contributed by atoms with Crippen LogP contribution in [-0.2, 0) is 19.6 Å². The molecule has 6 nitrogen and oxygen atoms in total. The van der Waals surface area contributed by atoms with E-state index in [1.165, 1.54) is 15.9 Å². The van der Waals surface area contributed by atoms with Crippen LogP contribution >= 0.6 is 7.92 Å². The Morgan fingerprint density at radius 1 is 0.773 bits per heavy atom. The first-order chi connectivity index (χ1) is 20.5. The van der Waals surface area contributed by atoms with Gasteiger partial charge in [0.15, 0.2) is 10.1 Å². The lowest BCUT2D eigenvalue weighted by Crippen LogP contribution is -2.54. The van der Waals surface area contributed by atoms with E-state index in [4.69, 9.17) is 9.47 Å². The third kappa shape index (κ3) is 7.61. The Kier molecular flexibility index (Phi) is 10.1. The van der Waals surface area contributed by atoms with Gasteiger partial charge in [-0.1, -0.05) is 54.6 Å². The lowest BCUT2D eigenvalue weighted by Gasteiger charge is -2.38. The van der Waals surface area contributed by atoms with Crippen LogP contribution < -0.4 is 15.9 Å². The van der Waals surface area contributed by atoms with Gasteiger partial charge in [0.1, 0.15) is 27.6 Å². The van der Waals surface area contributed by atoms with Gasteiger partial charge in [-0.3, -0.25) is 0 Å². The van der Waals surface area contributed by atoms with E-state index in [2.05, 4.69) is 91.0 Å². The van der Waals surface area contributed by atoms with E-state index in [9.17, 15) is 35.3 Å². The standard InChI is InChI=1S/C18H15P.C14H20F4O6S/c1-4-10-16(11-5-1)19(17-12-6-2-7-13-17)18-14-8-3-9-15-18;1-12(2,3)24-11(19)23-10-6-7-4-8(10)9(5-7)13(15,16)14(17,18)25(20,21)22/h1-15H;7-10H,4-6H2,1-3H3,(H,20,21,22). The number of ether oxygens (including phenoxy) is 2. The molecule has 2 aliphatic rings. The first-order valence-electron chi connectivity index (χ1n) is 14.1. The van der Waals surface area contributed by atoms with Crippen LogP contribution in [0, 0.1) is 17.8 Å². The van der Waals surface area contributed by atoms with Crippen molar-refractivity contribution in [1.29, 1.82) is 0 Å². The fraction of sp³-hybridized carbons (Fsp3) is 0.406. The zero-order chi connectivity index (χ0) is 32.3. The summed E-state index contributed by atoms with van der Waals surface area (Å²) in [7, 11) is -7.42. The molecule has 44 heavy (non-hydrogen) atoms. The van der Waals surface area contributed by atoms with Gasteiger partial charge in [-0.25, -0.2) is 13.2 Å². The van der Waals surface area contributed by atoms with Gasteiger partial charge in [0.05, 0.1) is 7.92 Å². The molecule has 4 atom stereocenters. The highest BCUT2D eigenvalue weighted by Gasteiger charge is 2.70. The van der Waals surface area contributed by atoms with Crippen molar-refractivity contribution in [3.63, 3.8) is 0 Å².